The average molecular weight is 239 g/mol. The number of nitrogens with zero attached hydrogens (tertiary/aromatic N) is 2. The molecule has 1 amide bonds. The number of carbonyl (C=O) groups is 1. The van der Waals surface area contributed by atoms with Gasteiger partial charge in [0.15, 0.2) is 0 Å². The first-order chi connectivity index (χ1) is 7.74. The number of hydrogen-bond acceptors (Lipinski definition) is 4. The van der Waals surface area contributed by atoms with E-state index in [1.165, 1.54) is 0 Å². The van der Waals surface area contributed by atoms with Crippen LogP contribution in [0.25, 0.3) is 0 Å². The van der Waals surface area contributed by atoms with Gasteiger partial charge in [0.05, 0.1) is 12.1 Å². The molecule has 0 aliphatic carbocycles. The quantitative estimate of drug-likeness (QED) is 0.870. The van der Waals surface area contributed by atoms with E-state index in [0.29, 0.717) is 0 Å². The Morgan fingerprint density at radius 2 is 2.56 bits per heavy atom. The molecule has 4 nitrogen and oxygen atoms in total. The molecule has 1 aliphatic rings. The van der Waals surface area contributed by atoms with Gasteiger partial charge in [0, 0.05) is 18.1 Å². The van der Waals surface area contributed by atoms with E-state index >= 15 is 0 Å². The number of piperidine rings is 1. The number of thiazole rings is 1. The van der Waals surface area contributed by atoms with Crippen LogP contribution in [0, 0.1) is 0 Å². The van der Waals surface area contributed by atoms with E-state index in [9.17, 15) is 4.79 Å². The average Bonchev–Trinajstić information content (AvgIpc) is 2.79. The van der Waals surface area contributed by atoms with Gasteiger partial charge in [-0.25, -0.2) is 4.98 Å². The Morgan fingerprint density at radius 3 is 3.19 bits per heavy atom. The molecule has 2 rings (SSSR count). The maximum Gasteiger partial charge on any atom is 0.240 e. The second kappa shape index (κ2) is 4.93. The first kappa shape index (κ1) is 11.5. The van der Waals surface area contributed by atoms with Crippen molar-refractivity contribution >= 4 is 17.2 Å². The zero-order valence-corrected chi connectivity index (χ0v) is 10.2. The zero-order chi connectivity index (χ0) is 11.5. The molecule has 1 saturated heterocycles. The highest BCUT2D eigenvalue weighted by Crippen LogP contribution is 2.28. The number of carbonyl (C=O) groups excluding carboxylic acids is 1. The predicted octanol–water partition coefficient (Wildman–Crippen LogP) is 1.54. The van der Waals surface area contributed by atoms with Crippen molar-refractivity contribution in [3.05, 3.63) is 16.6 Å². The van der Waals surface area contributed by atoms with Gasteiger partial charge in [0.2, 0.25) is 5.91 Å². The van der Waals surface area contributed by atoms with E-state index in [2.05, 4.69) is 11.9 Å². The minimum absolute atomic E-state index is 0.0771. The van der Waals surface area contributed by atoms with Crippen molar-refractivity contribution in [3.8, 4) is 0 Å². The summed E-state index contributed by atoms with van der Waals surface area (Å²) in [6.07, 6.45) is 4.49. The molecular formula is C11H17N3OS. The van der Waals surface area contributed by atoms with Crippen LogP contribution in [-0.2, 0) is 4.79 Å². The summed E-state index contributed by atoms with van der Waals surface area (Å²) in [4.78, 5) is 18.2. The summed E-state index contributed by atoms with van der Waals surface area (Å²) in [6, 6.07) is -0.207. The van der Waals surface area contributed by atoms with E-state index in [1.54, 1.807) is 17.5 Å². The lowest BCUT2D eigenvalue weighted by Crippen LogP contribution is -2.49. The van der Waals surface area contributed by atoms with Crippen molar-refractivity contribution in [3.63, 3.8) is 0 Å². The van der Waals surface area contributed by atoms with Crippen molar-refractivity contribution < 1.29 is 4.79 Å². The van der Waals surface area contributed by atoms with Crippen molar-refractivity contribution in [2.24, 2.45) is 5.73 Å². The molecule has 16 heavy (non-hydrogen) atoms. The van der Waals surface area contributed by atoms with Gasteiger partial charge in [-0.3, -0.25) is 4.79 Å². The Kier molecular flexibility index (Phi) is 3.56. The fourth-order valence-corrected chi connectivity index (χ4v) is 3.00. The Labute approximate surface area is 99.5 Å². The molecule has 2 unspecified atom stereocenters. The molecule has 1 fully saturated rings. The number of nitrogens with two attached hydrogens (primary N) is 1. The molecule has 2 N–H and O–H groups in total. The third-order valence-corrected chi connectivity index (χ3v) is 3.89. The first-order valence-electron chi connectivity index (χ1n) is 5.69. The third kappa shape index (κ3) is 2.10. The molecule has 1 aromatic rings. The first-order valence-corrected chi connectivity index (χ1v) is 6.57. The fraction of sp³-hybridized carbons (Fsp3) is 0.636. The monoisotopic (exact) mass is 239 g/mol. The summed E-state index contributed by atoms with van der Waals surface area (Å²) in [7, 11) is 0. The van der Waals surface area contributed by atoms with Gasteiger partial charge in [-0.1, -0.05) is 6.92 Å². The van der Waals surface area contributed by atoms with Crippen LogP contribution < -0.4 is 5.73 Å². The highest BCUT2D eigenvalue weighted by molar-refractivity contribution is 7.09. The molecule has 1 aliphatic heterocycles. The Bertz CT molecular complexity index is 352. The van der Waals surface area contributed by atoms with Gasteiger partial charge in [0.25, 0.3) is 0 Å². The molecule has 2 heterocycles. The maximum atomic E-state index is 12.0. The van der Waals surface area contributed by atoms with Gasteiger partial charge < -0.3 is 10.6 Å². The highest BCUT2D eigenvalue weighted by atomic mass is 32.1. The molecule has 1 aromatic heterocycles. The number of aromatic nitrogens is 1. The standard InChI is InChI=1S/C11H17N3OS/c1-2-9(10-13-5-7-16-10)14-6-3-4-8(12)11(14)15/h5,7-9H,2-4,6,12H2,1H3. The van der Waals surface area contributed by atoms with E-state index in [1.807, 2.05) is 10.3 Å². The molecule has 0 radical (unpaired) electrons. The van der Waals surface area contributed by atoms with Crippen molar-refractivity contribution in [1.82, 2.24) is 9.88 Å². The molecule has 88 valence electrons. The van der Waals surface area contributed by atoms with Gasteiger partial charge in [-0.15, -0.1) is 11.3 Å². The second-order valence-corrected chi connectivity index (χ2v) is 5.00. The largest absolute Gasteiger partial charge is 0.332 e. The molecular weight excluding hydrogens is 222 g/mol. The predicted molar refractivity (Wildman–Crippen MR) is 64.1 cm³/mol. The van der Waals surface area contributed by atoms with Gasteiger partial charge in [-0.2, -0.15) is 0 Å². The molecule has 2 atom stereocenters. The summed E-state index contributed by atoms with van der Waals surface area (Å²) in [5, 5.41) is 2.97. The van der Waals surface area contributed by atoms with Crippen LogP contribution in [0.2, 0.25) is 0 Å². The second-order valence-electron chi connectivity index (χ2n) is 4.07. The summed E-state index contributed by atoms with van der Waals surface area (Å²) < 4.78 is 0. The van der Waals surface area contributed by atoms with Crippen molar-refractivity contribution in [2.45, 2.75) is 38.3 Å². The molecule has 0 bridgehead atoms. The van der Waals surface area contributed by atoms with E-state index < -0.39 is 0 Å². The smallest absolute Gasteiger partial charge is 0.240 e. The maximum absolute atomic E-state index is 12.0. The molecule has 0 spiro atoms. The van der Waals surface area contributed by atoms with Crippen LogP contribution in [0.1, 0.15) is 37.2 Å². The van der Waals surface area contributed by atoms with Crippen molar-refractivity contribution in [1.29, 1.82) is 0 Å². The topological polar surface area (TPSA) is 59.2 Å². The lowest BCUT2D eigenvalue weighted by Gasteiger charge is -2.35. The van der Waals surface area contributed by atoms with Crippen LogP contribution in [0.4, 0.5) is 0 Å². The van der Waals surface area contributed by atoms with Crippen LogP contribution in [0.5, 0.6) is 0 Å². The number of hydrogen-bond donors (Lipinski definition) is 1. The van der Waals surface area contributed by atoms with E-state index in [4.69, 9.17) is 5.73 Å². The summed E-state index contributed by atoms with van der Waals surface area (Å²) in [5.74, 6) is 0.0771. The number of amides is 1. The normalized spacial score (nSPS) is 23.5. The zero-order valence-electron chi connectivity index (χ0n) is 9.43. The number of rotatable bonds is 3. The van der Waals surface area contributed by atoms with Gasteiger partial charge >= 0.3 is 0 Å². The Balaban J connectivity index is 2.18. The minimum atomic E-state index is -0.317. The molecule has 0 aromatic carbocycles. The summed E-state index contributed by atoms with van der Waals surface area (Å²) in [6.45, 7) is 2.89. The number of likely N-dealkylation sites (tertiary alicyclic amines) is 1. The fourth-order valence-electron chi connectivity index (χ4n) is 2.16. The molecule has 0 saturated carbocycles. The van der Waals surface area contributed by atoms with E-state index in [0.717, 1.165) is 30.8 Å². The summed E-state index contributed by atoms with van der Waals surface area (Å²) >= 11 is 1.61. The highest BCUT2D eigenvalue weighted by Gasteiger charge is 2.31. The minimum Gasteiger partial charge on any atom is -0.332 e. The lowest BCUT2D eigenvalue weighted by atomic mass is 10.0. The van der Waals surface area contributed by atoms with Gasteiger partial charge in [-0.05, 0) is 19.3 Å². The summed E-state index contributed by atoms with van der Waals surface area (Å²) in [5.41, 5.74) is 5.81. The van der Waals surface area contributed by atoms with Gasteiger partial charge in [0.1, 0.15) is 5.01 Å². The SMILES string of the molecule is CCC(c1nccs1)N1CCCC(N)C1=O. The molecule has 5 heteroatoms. The van der Waals surface area contributed by atoms with Crippen LogP contribution in [-0.4, -0.2) is 28.4 Å². The van der Waals surface area contributed by atoms with Crippen LogP contribution in [0.15, 0.2) is 11.6 Å². The Morgan fingerprint density at radius 1 is 1.75 bits per heavy atom. The van der Waals surface area contributed by atoms with Crippen LogP contribution in [0.3, 0.4) is 0 Å². The lowest BCUT2D eigenvalue weighted by molar-refractivity contribution is -0.137. The van der Waals surface area contributed by atoms with Crippen molar-refractivity contribution in [2.75, 3.05) is 6.54 Å². The van der Waals surface area contributed by atoms with Crippen LogP contribution >= 0.6 is 11.3 Å². The van der Waals surface area contributed by atoms with E-state index in [-0.39, 0.29) is 18.0 Å². The third-order valence-electron chi connectivity index (χ3n) is 3.01. The Hall–Kier alpha value is -0.940.